The normalized spacial score (nSPS) is 13.5. The van der Waals surface area contributed by atoms with E-state index in [4.69, 9.17) is 0 Å². The third-order valence-corrected chi connectivity index (χ3v) is 3.62. The Balaban J connectivity index is 2.71. The van der Waals surface area contributed by atoms with Crippen LogP contribution in [-0.2, 0) is 0 Å². The summed E-state index contributed by atoms with van der Waals surface area (Å²) in [5.74, 6) is 0.170. The summed E-state index contributed by atoms with van der Waals surface area (Å²) < 4.78 is 3.40. The first-order valence-corrected chi connectivity index (χ1v) is 6.75. The summed E-state index contributed by atoms with van der Waals surface area (Å²) >= 11 is 3.52. The first-order chi connectivity index (χ1) is 8.04. The van der Waals surface area contributed by atoms with Gasteiger partial charge < -0.3 is 9.67 Å². The predicted molar refractivity (Wildman–Crippen MR) is 75.5 cm³/mol. The Kier molecular flexibility index (Phi) is 3.59. The lowest BCUT2D eigenvalue weighted by Gasteiger charge is -2.18. The summed E-state index contributed by atoms with van der Waals surface area (Å²) in [5.41, 5.74) is 2.43. The minimum Gasteiger partial charge on any atom is -0.396 e. The van der Waals surface area contributed by atoms with E-state index in [0.29, 0.717) is 6.04 Å². The average molecular weight is 296 g/mol. The van der Waals surface area contributed by atoms with E-state index in [0.717, 1.165) is 4.47 Å². The number of benzene rings is 1. The maximum absolute atomic E-state index is 9.35. The van der Waals surface area contributed by atoms with Gasteiger partial charge in [-0.1, -0.05) is 28.9 Å². The van der Waals surface area contributed by atoms with E-state index in [9.17, 15) is 5.11 Å². The van der Waals surface area contributed by atoms with Crippen LogP contribution in [0.2, 0.25) is 0 Å². The molecule has 2 aromatic rings. The summed E-state index contributed by atoms with van der Waals surface area (Å²) in [4.78, 5) is 0. The largest absolute Gasteiger partial charge is 0.396 e. The van der Waals surface area contributed by atoms with Gasteiger partial charge in [0.2, 0.25) is 0 Å². The molecular weight excluding hydrogens is 278 g/mol. The van der Waals surface area contributed by atoms with E-state index in [-0.39, 0.29) is 12.5 Å². The Bertz CT molecular complexity index is 530. The van der Waals surface area contributed by atoms with E-state index in [1.165, 1.54) is 16.6 Å². The molecule has 0 spiro atoms. The minimum absolute atomic E-state index is 0.170. The van der Waals surface area contributed by atoms with Crippen LogP contribution in [0.15, 0.2) is 28.7 Å². The molecule has 0 aliphatic rings. The molecule has 0 aliphatic heterocycles. The minimum atomic E-state index is 0.170. The highest BCUT2D eigenvalue weighted by Crippen LogP contribution is 2.30. The first-order valence-electron chi connectivity index (χ1n) is 5.95. The highest BCUT2D eigenvalue weighted by Gasteiger charge is 2.16. The lowest BCUT2D eigenvalue weighted by Crippen LogP contribution is -2.10. The zero-order valence-electron chi connectivity index (χ0n) is 10.4. The van der Waals surface area contributed by atoms with Gasteiger partial charge in [0.25, 0.3) is 0 Å². The van der Waals surface area contributed by atoms with E-state index in [2.05, 4.69) is 65.5 Å². The van der Waals surface area contributed by atoms with Crippen molar-refractivity contribution in [2.75, 3.05) is 6.61 Å². The summed E-state index contributed by atoms with van der Waals surface area (Å²) in [6, 6.07) is 8.89. The third-order valence-electron chi connectivity index (χ3n) is 3.13. The molecule has 2 rings (SSSR count). The number of aliphatic hydroxyl groups is 1. The van der Waals surface area contributed by atoms with E-state index < -0.39 is 0 Å². The number of hydrogen-bond acceptors (Lipinski definition) is 1. The topological polar surface area (TPSA) is 25.2 Å². The summed E-state index contributed by atoms with van der Waals surface area (Å²) in [7, 11) is 0. The molecule has 92 valence electrons. The lowest BCUT2D eigenvalue weighted by molar-refractivity contribution is 0.268. The second-order valence-electron chi connectivity index (χ2n) is 4.82. The van der Waals surface area contributed by atoms with Crippen molar-refractivity contribution in [1.29, 1.82) is 0 Å². The first kappa shape index (κ1) is 12.7. The van der Waals surface area contributed by atoms with Crippen LogP contribution in [0.25, 0.3) is 10.9 Å². The Morgan fingerprint density at radius 2 is 1.94 bits per heavy atom. The van der Waals surface area contributed by atoms with Crippen molar-refractivity contribution in [3.8, 4) is 0 Å². The number of aliphatic hydroxyl groups excluding tert-OH is 1. The van der Waals surface area contributed by atoms with Crippen molar-refractivity contribution in [2.24, 2.45) is 0 Å². The van der Waals surface area contributed by atoms with E-state index in [1.54, 1.807) is 0 Å². The maximum atomic E-state index is 9.35. The second-order valence-corrected chi connectivity index (χ2v) is 5.74. The van der Waals surface area contributed by atoms with Crippen LogP contribution in [-0.4, -0.2) is 16.3 Å². The van der Waals surface area contributed by atoms with Crippen LogP contribution >= 0.6 is 15.9 Å². The smallest absolute Gasteiger partial charge is 0.0511 e. The number of halogens is 1. The zero-order chi connectivity index (χ0) is 12.6. The van der Waals surface area contributed by atoms with Crippen molar-refractivity contribution < 1.29 is 5.11 Å². The molecule has 0 aliphatic carbocycles. The predicted octanol–water partition coefficient (Wildman–Crippen LogP) is 4.08. The van der Waals surface area contributed by atoms with Gasteiger partial charge in [0.05, 0.1) is 6.61 Å². The molecule has 1 heterocycles. The van der Waals surface area contributed by atoms with Crippen LogP contribution in [0.5, 0.6) is 0 Å². The van der Waals surface area contributed by atoms with Gasteiger partial charge in [-0.15, -0.1) is 0 Å². The lowest BCUT2D eigenvalue weighted by atomic mass is 10.1. The Morgan fingerprint density at radius 1 is 1.24 bits per heavy atom. The highest BCUT2D eigenvalue weighted by molar-refractivity contribution is 9.10. The van der Waals surface area contributed by atoms with Gasteiger partial charge in [-0.2, -0.15) is 0 Å². The van der Waals surface area contributed by atoms with E-state index >= 15 is 0 Å². The number of aromatic nitrogens is 1. The Morgan fingerprint density at radius 3 is 2.53 bits per heavy atom. The van der Waals surface area contributed by atoms with Crippen LogP contribution < -0.4 is 0 Å². The molecule has 0 saturated carbocycles. The van der Waals surface area contributed by atoms with Gasteiger partial charge in [0.15, 0.2) is 0 Å². The quantitative estimate of drug-likeness (QED) is 0.907. The molecule has 1 aromatic heterocycles. The second kappa shape index (κ2) is 4.83. The molecule has 1 N–H and O–H groups in total. The number of hydrogen-bond donors (Lipinski definition) is 1. The van der Waals surface area contributed by atoms with E-state index in [1.807, 2.05) is 0 Å². The van der Waals surface area contributed by atoms with Gasteiger partial charge in [-0.3, -0.25) is 0 Å². The Labute approximate surface area is 110 Å². The molecule has 0 radical (unpaired) electrons. The molecule has 0 fully saturated rings. The standard InChI is InChI=1S/C14H18BrNO/c1-9(2)16-13(10(3)8-17)6-11-4-5-12(15)7-14(11)16/h4-7,9-10,17H,8H2,1-3H3. The fraction of sp³-hybridized carbons (Fsp3) is 0.429. The monoisotopic (exact) mass is 295 g/mol. The van der Waals surface area contributed by atoms with Gasteiger partial charge >= 0.3 is 0 Å². The number of nitrogens with zero attached hydrogens (tertiary/aromatic N) is 1. The molecule has 1 aromatic carbocycles. The summed E-state index contributed by atoms with van der Waals surface area (Å²) in [6.45, 7) is 6.59. The highest BCUT2D eigenvalue weighted by atomic mass is 79.9. The molecule has 3 heteroatoms. The maximum Gasteiger partial charge on any atom is 0.0511 e. The van der Waals surface area contributed by atoms with Crippen molar-refractivity contribution in [2.45, 2.75) is 32.7 Å². The Hall–Kier alpha value is -0.800. The van der Waals surface area contributed by atoms with Gasteiger partial charge in [0.1, 0.15) is 0 Å². The summed E-state index contributed by atoms with van der Waals surface area (Å²) in [5, 5.41) is 10.6. The molecule has 1 atom stereocenters. The van der Waals surface area contributed by atoms with Gasteiger partial charge in [-0.25, -0.2) is 0 Å². The fourth-order valence-corrected chi connectivity index (χ4v) is 2.61. The van der Waals surface area contributed by atoms with Crippen molar-refractivity contribution in [1.82, 2.24) is 4.57 Å². The van der Waals surface area contributed by atoms with Gasteiger partial charge in [0, 0.05) is 27.6 Å². The van der Waals surface area contributed by atoms with Crippen LogP contribution in [0.1, 0.15) is 38.4 Å². The SMILES string of the molecule is CC(CO)c1cc2ccc(Br)cc2n1C(C)C. The molecule has 2 nitrogen and oxygen atoms in total. The van der Waals surface area contributed by atoms with Gasteiger partial charge in [-0.05, 0) is 37.4 Å². The van der Waals surface area contributed by atoms with Crippen LogP contribution in [0, 0.1) is 0 Å². The van der Waals surface area contributed by atoms with Crippen molar-refractivity contribution in [3.63, 3.8) is 0 Å². The zero-order valence-corrected chi connectivity index (χ0v) is 12.0. The molecule has 0 bridgehead atoms. The van der Waals surface area contributed by atoms with Crippen LogP contribution in [0.4, 0.5) is 0 Å². The molecule has 17 heavy (non-hydrogen) atoms. The van der Waals surface area contributed by atoms with Crippen LogP contribution in [0.3, 0.4) is 0 Å². The number of fused-ring (bicyclic) bond motifs is 1. The third kappa shape index (κ3) is 2.26. The molecule has 0 saturated heterocycles. The molecule has 1 unspecified atom stereocenters. The van der Waals surface area contributed by atoms with Crippen molar-refractivity contribution >= 4 is 26.8 Å². The van der Waals surface area contributed by atoms with Crippen molar-refractivity contribution in [3.05, 3.63) is 34.4 Å². The fourth-order valence-electron chi connectivity index (χ4n) is 2.26. The summed E-state index contributed by atoms with van der Waals surface area (Å²) in [6.07, 6.45) is 0. The molecule has 0 amide bonds. The molecular formula is C14H18BrNO. The average Bonchev–Trinajstić information content (AvgIpc) is 2.66. The number of rotatable bonds is 3.